The molecular weight excluding hydrogens is 128 g/mol. The molecule has 1 rings (SSSR count). The summed E-state index contributed by atoms with van der Waals surface area (Å²) in [4.78, 5) is 10.8. The van der Waals surface area contributed by atoms with Gasteiger partial charge in [0.15, 0.2) is 0 Å². The summed E-state index contributed by atoms with van der Waals surface area (Å²) in [6.45, 7) is 2.00. The Morgan fingerprint density at radius 1 is 1.90 bits per heavy atom. The summed E-state index contributed by atoms with van der Waals surface area (Å²) < 4.78 is 0. The number of carbonyl (C=O) groups is 1. The summed E-state index contributed by atoms with van der Waals surface area (Å²) in [5.74, 6) is -0.501. The van der Waals surface area contributed by atoms with Crippen LogP contribution in [0.25, 0.3) is 0 Å². The quantitative estimate of drug-likeness (QED) is 0.571. The van der Waals surface area contributed by atoms with Crippen LogP contribution in [0, 0.1) is 17.2 Å². The molecule has 2 atom stereocenters. The molecule has 10 heavy (non-hydrogen) atoms. The Morgan fingerprint density at radius 3 is 2.90 bits per heavy atom. The Hall–Kier alpha value is -1.04. The molecule has 0 bridgehead atoms. The molecule has 0 saturated carbocycles. The molecule has 3 heteroatoms. The molecule has 0 aliphatic carbocycles. The lowest BCUT2D eigenvalue weighted by Gasteiger charge is -2.02. The van der Waals surface area contributed by atoms with Crippen molar-refractivity contribution >= 4 is 5.91 Å². The van der Waals surface area contributed by atoms with Crippen LogP contribution in [0.15, 0.2) is 0 Å². The molecule has 0 spiro atoms. The van der Waals surface area contributed by atoms with Crippen LogP contribution in [0.5, 0.6) is 0 Å². The predicted octanol–water partition coefficient (Wildman–Crippen LogP) is 0.425. The molecule has 1 fully saturated rings. The maximum absolute atomic E-state index is 10.8. The van der Waals surface area contributed by atoms with Gasteiger partial charge in [-0.05, 0) is 12.8 Å². The number of amides is 1. The fourth-order valence-corrected chi connectivity index (χ4v) is 1.13. The predicted molar refractivity (Wildman–Crippen MR) is 35.9 cm³/mol. The molecular formula is C7H10N2O. The smallest absolute Gasteiger partial charge is 0.237 e. The molecule has 0 aromatic rings. The first-order valence-corrected chi connectivity index (χ1v) is 3.48. The van der Waals surface area contributed by atoms with Crippen LogP contribution in [-0.2, 0) is 4.79 Å². The van der Waals surface area contributed by atoms with Gasteiger partial charge in [-0.25, -0.2) is 0 Å². The average Bonchev–Trinajstić information content (AvgIpc) is 2.30. The van der Waals surface area contributed by atoms with E-state index in [9.17, 15) is 4.79 Å². The van der Waals surface area contributed by atoms with E-state index < -0.39 is 5.92 Å². The minimum Gasteiger partial charge on any atom is -0.352 e. The monoisotopic (exact) mass is 138 g/mol. The molecule has 1 aliphatic heterocycles. The molecule has 2 unspecified atom stereocenters. The number of nitriles is 1. The van der Waals surface area contributed by atoms with Crippen molar-refractivity contribution in [2.75, 3.05) is 0 Å². The average molecular weight is 138 g/mol. The summed E-state index contributed by atoms with van der Waals surface area (Å²) >= 11 is 0. The van der Waals surface area contributed by atoms with Gasteiger partial charge >= 0.3 is 0 Å². The summed E-state index contributed by atoms with van der Waals surface area (Å²) in [5, 5.41) is 11.2. The molecule has 1 saturated heterocycles. The van der Waals surface area contributed by atoms with Crippen LogP contribution in [0.2, 0.25) is 0 Å². The van der Waals surface area contributed by atoms with E-state index in [0.717, 1.165) is 6.42 Å². The van der Waals surface area contributed by atoms with Gasteiger partial charge in [-0.1, -0.05) is 6.92 Å². The van der Waals surface area contributed by atoms with Crippen LogP contribution in [0.4, 0.5) is 0 Å². The van der Waals surface area contributed by atoms with E-state index in [2.05, 4.69) is 5.32 Å². The van der Waals surface area contributed by atoms with Crippen molar-refractivity contribution in [3.05, 3.63) is 0 Å². The first-order chi connectivity index (χ1) is 4.77. The van der Waals surface area contributed by atoms with Crippen molar-refractivity contribution in [3.8, 4) is 6.07 Å². The topological polar surface area (TPSA) is 52.9 Å². The van der Waals surface area contributed by atoms with Crippen molar-refractivity contribution in [2.45, 2.75) is 25.8 Å². The van der Waals surface area contributed by atoms with Gasteiger partial charge in [0.05, 0.1) is 6.07 Å². The Morgan fingerprint density at radius 2 is 2.60 bits per heavy atom. The van der Waals surface area contributed by atoms with Gasteiger partial charge in [0, 0.05) is 6.04 Å². The molecule has 3 nitrogen and oxygen atoms in total. The van der Waals surface area contributed by atoms with Crippen LogP contribution < -0.4 is 5.32 Å². The molecule has 1 aliphatic rings. The van der Waals surface area contributed by atoms with Crippen LogP contribution in [-0.4, -0.2) is 11.9 Å². The third kappa shape index (κ3) is 1.10. The van der Waals surface area contributed by atoms with Gasteiger partial charge in [0.1, 0.15) is 5.92 Å². The first-order valence-electron chi connectivity index (χ1n) is 3.48. The summed E-state index contributed by atoms with van der Waals surface area (Å²) in [7, 11) is 0. The molecule has 1 amide bonds. The zero-order valence-electron chi connectivity index (χ0n) is 5.92. The fraction of sp³-hybridized carbons (Fsp3) is 0.714. The summed E-state index contributed by atoms with van der Waals surface area (Å²) in [6.07, 6.45) is 1.61. The summed E-state index contributed by atoms with van der Waals surface area (Å²) in [5.41, 5.74) is 0. The van der Waals surface area contributed by atoms with E-state index in [4.69, 9.17) is 5.26 Å². The van der Waals surface area contributed by atoms with Gasteiger partial charge in [-0.15, -0.1) is 0 Å². The van der Waals surface area contributed by atoms with Crippen molar-refractivity contribution in [1.29, 1.82) is 5.26 Å². The Bertz CT molecular complexity index is 183. The minimum absolute atomic E-state index is 0.102. The van der Waals surface area contributed by atoms with E-state index >= 15 is 0 Å². The lowest BCUT2D eigenvalue weighted by Crippen LogP contribution is -2.25. The van der Waals surface area contributed by atoms with Gasteiger partial charge in [0.25, 0.3) is 0 Å². The fourth-order valence-electron chi connectivity index (χ4n) is 1.13. The maximum Gasteiger partial charge on any atom is 0.237 e. The minimum atomic E-state index is -0.398. The van der Waals surface area contributed by atoms with Gasteiger partial charge in [0.2, 0.25) is 5.91 Å². The van der Waals surface area contributed by atoms with Crippen LogP contribution >= 0.6 is 0 Å². The van der Waals surface area contributed by atoms with Crippen molar-refractivity contribution in [1.82, 2.24) is 5.32 Å². The lowest BCUT2D eigenvalue weighted by atomic mass is 10.1. The molecule has 0 aromatic heterocycles. The van der Waals surface area contributed by atoms with Crippen molar-refractivity contribution < 1.29 is 4.79 Å². The van der Waals surface area contributed by atoms with E-state index in [0.29, 0.717) is 6.42 Å². The third-order valence-electron chi connectivity index (χ3n) is 1.83. The number of carbonyl (C=O) groups excluding carboxylic acids is 1. The number of rotatable bonds is 1. The molecule has 54 valence electrons. The van der Waals surface area contributed by atoms with Crippen LogP contribution in [0.3, 0.4) is 0 Å². The second-order valence-corrected chi connectivity index (χ2v) is 2.53. The highest BCUT2D eigenvalue weighted by Gasteiger charge is 2.30. The highest BCUT2D eigenvalue weighted by molar-refractivity contribution is 5.83. The summed E-state index contributed by atoms with van der Waals surface area (Å²) in [6, 6.07) is 2.20. The molecule has 0 aromatic carbocycles. The Labute approximate surface area is 60.0 Å². The SMILES string of the molecule is CCC1CC(C#N)C(=O)N1. The van der Waals surface area contributed by atoms with Gasteiger partial charge in [-0.2, -0.15) is 5.26 Å². The second kappa shape index (κ2) is 2.70. The van der Waals surface area contributed by atoms with E-state index in [1.54, 1.807) is 0 Å². The zero-order chi connectivity index (χ0) is 7.56. The van der Waals surface area contributed by atoms with Crippen LogP contribution in [0.1, 0.15) is 19.8 Å². The standard InChI is InChI=1S/C7H10N2O/c1-2-6-3-5(4-8)7(10)9-6/h5-6H,2-3H2,1H3,(H,9,10). The van der Waals surface area contributed by atoms with Gasteiger partial charge < -0.3 is 5.32 Å². The Balaban J connectivity index is 2.54. The first kappa shape index (κ1) is 7.07. The second-order valence-electron chi connectivity index (χ2n) is 2.53. The third-order valence-corrected chi connectivity index (χ3v) is 1.83. The molecule has 1 N–H and O–H groups in total. The largest absolute Gasteiger partial charge is 0.352 e. The number of hydrogen-bond acceptors (Lipinski definition) is 2. The number of hydrogen-bond donors (Lipinski definition) is 1. The van der Waals surface area contributed by atoms with E-state index in [1.165, 1.54) is 0 Å². The number of nitrogens with one attached hydrogen (secondary N) is 1. The highest BCUT2D eigenvalue weighted by atomic mass is 16.2. The van der Waals surface area contributed by atoms with Gasteiger partial charge in [-0.3, -0.25) is 4.79 Å². The van der Waals surface area contributed by atoms with E-state index in [-0.39, 0.29) is 11.9 Å². The Kier molecular flexibility index (Phi) is 1.91. The zero-order valence-corrected chi connectivity index (χ0v) is 5.92. The normalized spacial score (nSPS) is 31.4. The lowest BCUT2D eigenvalue weighted by molar-refractivity contribution is -0.121. The number of nitrogens with zero attached hydrogens (tertiary/aromatic N) is 1. The van der Waals surface area contributed by atoms with Crippen molar-refractivity contribution in [3.63, 3.8) is 0 Å². The van der Waals surface area contributed by atoms with Crippen molar-refractivity contribution in [2.24, 2.45) is 5.92 Å². The maximum atomic E-state index is 10.8. The highest BCUT2D eigenvalue weighted by Crippen LogP contribution is 2.15. The molecule has 0 radical (unpaired) electrons. The van der Waals surface area contributed by atoms with E-state index in [1.807, 2.05) is 13.0 Å². The molecule has 1 heterocycles.